The molecule has 1 amide bonds. The zero-order valence-corrected chi connectivity index (χ0v) is 19.1. The van der Waals surface area contributed by atoms with Crippen molar-refractivity contribution in [1.29, 1.82) is 0 Å². The third kappa shape index (κ3) is 3.49. The van der Waals surface area contributed by atoms with Gasteiger partial charge in [0.25, 0.3) is 0 Å². The van der Waals surface area contributed by atoms with Crippen LogP contribution < -0.4 is 0 Å². The Balaban J connectivity index is 1.49. The number of hydrogen-bond acceptors (Lipinski definition) is 5. The number of benzene rings is 2. The van der Waals surface area contributed by atoms with Crippen molar-refractivity contribution in [1.82, 2.24) is 24.0 Å². The van der Waals surface area contributed by atoms with E-state index in [-0.39, 0.29) is 23.1 Å². The lowest BCUT2D eigenvalue weighted by Crippen LogP contribution is -2.26. The smallest absolute Gasteiger partial charge is 0.328 e. The number of carbonyl (C=O) groups is 2. The zero-order valence-electron chi connectivity index (χ0n) is 19.1. The first-order valence-electron chi connectivity index (χ1n) is 10.8. The predicted molar refractivity (Wildman–Crippen MR) is 129 cm³/mol. The van der Waals surface area contributed by atoms with Crippen molar-refractivity contribution in [3.8, 4) is 5.75 Å². The fraction of sp³-hybridized carbons (Fsp3) is 0.154. The maximum atomic E-state index is 13.4. The first-order chi connectivity index (χ1) is 16.3. The number of pyridine rings is 1. The lowest BCUT2D eigenvalue weighted by Gasteiger charge is -2.11. The van der Waals surface area contributed by atoms with E-state index in [1.165, 1.54) is 21.7 Å². The average Bonchev–Trinajstić information content (AvgIpc) is 3.37. The van der Waals surface area contributed by atoms with Gasteiger partial charge in [-0.25, -0.2) is 9.78 Å². The zero-order chi connectivity index (χ0) is 24.0. The normalized spacial score (nSPS) is 11.3. The number of ketones is 1. The van der Waals surface area contributed by atoms with Crippen LogP contribution in [0.5, 0.6) is 5.75 Å². The summed E-state index contributed by atoms with van der Waals surface area (Å²) in [5, 5.41) is 10.8. The van der Waals surface area contributed by atoms with Crippen LogP contribution in [0.2, 0.25) is 0 Å². The lowest BCUT2D eigenvalue weighted by atomic mass is 10.0. The molecule has 0 aliphatic heterocycles. The average molecular weight is 454 g/mol. The molecule has 0 atom stereocenters. The summed E-state index contributed by atoms with van der Waals surface area (Å²) < 4.78 is 3.49. The minimum atomic E-state index is -0.303. The van der Waals surface area contributed by atoms with E-state index in [0.29, 0.717) is 23.0 Å². The monoisotopic (exact) mass is 453 g/mol. The number of nitrogens with zero attached hydrogens (tertiary/aromatic N) is 5. The van der Waals surface area contributed by atoms with Crippen LogP contribution in [0.3, 0.4) is 0 Å². The molecule has 0 saturated carbocycles. The van der Waals surface area contributed by atoms with E-state index in [1.54, 1.807) is 50.8 Å². The van der Waals surface area contributed by atoms with Gasteiger partial charge in [0.2, 0.25) is 0 Å². The van der Waals surface area contributed by atoms with Crippen LogP contribution in [0, 0.1) is 6.92 Å². The van der Waals surface area contributed by atoms with Crippen LogP contribution in [0.15, 0.2) is 67.1 Å². The Morgan fingerprint density at radius 1 is 1.03 bits per heavy atom. The lowest BCUT2D eigenvalue weighted by molar-refractivity contribution is 0.104. The fourth-order valence-corrected chi connectivity index (χ4v) is 4.22. The highest BCUT2D eigenvalue weighted by molar-refractivity contribution is 6.18. The van der Waals surface area contributed by atoms with E-state index in [9.17, 15) is 14.7 Å². The van der Waals surface area contributed by atoms with Gasteiger partial charge in [0.15, 0.2) is 5.78 Å². The molecule has 1 N–H and O–H groups in total. The molecule has 8 nitrogen and oxygen atoms in total. The van der Waals surface area contributed by atoms with E-state index in [0.717, 1.165) is 22.4 Å². The number of amides is 1. The number of fused-ring (bicyclic) bond motifs is 2. The van der Waals surface area contributed by atoms with Crippen molar-refractivity contribution >= 4 is 33.8 Å². The number of imidazole rings is 1. The van der Waals surface area contributed by atoms with E-state index in [1.807, 2.05) is 25.1 Å². The molecule has 0 spiro atoms. The van der Waals surface area contributed by atoms with E-state index >= 15 is 0 Å². The topological polar surface area (TPSA) is 93.2 Å². The van der Waals surface area contributed by atoms with Gasteiger partial charge in [-0.1, -0.05) is 30.3 Å². The molecule has 0 fully saturated rings. The number of phenolic OH excluding ortho intramolecular Hbond substituents is 1. The first kappa shape index (κ1) is 21.4. The summed E-state index contributed by atoms with van der Waals surface area (Å²) in [5.41, 5.74) is 4.09. The van der Waals surface area contributed by atoms with Gasteiger partial charge >= 0.3 is 6.03 Å². The van der Waals surface area contributed by atoms with Gasteiger partial charge < -0.3 is 14.6 Å². The Kier molecular flexibility index (Phi) is 5.13. The molecule has 5 aromatic rings. The Morgan fingerprint density at radius 3 is 2.53 bits per heavy atom. The molecule has 0 aliphatic carbocycles. The van der Waals surface area contributed by atoms with Gasteiger partial charge in [-0.3, -0.25) is 14.3 Å². The van der Waals surface area contributed by atoms with Crippen LogP contribution in [0.25, 0.3) is 21.9 Å². The summed E-state index contributed by atoms with van der Waals surface area (Å²) in [5.74, 6) is 0.579. The van der Waals surface area contributed by atoms with Gasteiger partial charge in [-0.05, 0) is 30.7 Å². The van der Waals surface area contributed by atoms with E-state index < -0.39 is 0 Å². The van der Waals surface area contributed by atoms with Crippen molar-refractivity contribution < 1.29 is 14.7 Å². The molecule has 0 saturated heterocycles. The van der Waals surface area contributed by atoms with Gasteiger partial charge in [-0.15, -0.1) is 0 Å². The van der Waals surface area contributed by atoms with Crippen LogP contribution in [-0.4, -0.2) is 55.0 Å². The van der Waals surface area contributed by atoms with Gasteiger partial charge in [0.1, 0.15) is 17.1 Å². The SMILES string of the molecule is Cc1nc2cnccc2n1Cc1ccc(C(=O)c2cn(C(=O)N(C)C)c3cccc(O)c23)cc1. The van der Waals surface area contributed by atoms with Crippen LogP contribution in [-0.2, 0) is 6.54 Å². The van der Waals surface area contributed by atoms with Crippen molar-refractivity contribution in [2.75, 3.05) is 14.1 Å². The Morgan fingerprint density at radius 2 is 1.79 bits per heavy atom. The maximum absolute atomic E-state index is 13.4. The minimum Gasteiger partial charge on any atom is -0.507 e. The number of carbonyl (C=O) groups excluding carboxylic acids is 2. The molecule has 2 aromatic carbocycles. The van der Waals surface area contributed by atoms with Crippen molar-refractivity contribution in [2.45, 2.75) is 13.5 Å². The highest BCUT2D eigenvalue weighted by atomic mass is 16.3. The van der Waals surface area contributed by atoms with E-state index in [4.69, 9.17) is 0 Å². The number of aromatic nitrogens is 4. The Hall–Kier alpha value is -4.46. The number of rotatable bonds is 4. The molecule has 5 rings (SSSR count). The number of phenols is 1. The second-order valence-electron chi connectivity index (χ2n) is 8.40. The van der Waals surface area contributed by atoms with Gasteiger partial charge in [-0.2, -0.15) is 0 Å². The quantitative estimate of drug-likeness (QED) is 0.412. The van der Waals surface area contributed by atoms with Crippen molar-refractivity contribution in [3.05, 3.63) is 89.6 Å². The van der Waals surface area contributed by atoms with Crippen LogP contribution in [0.1, 0.15) is 27.3 Å². The molecule has 0 unspecified atom stereocenters. The molecule has 34 heavy (non-hydrogen) atoms. The third-order valence-electron chi connectivity index (χ3n) is 5.94. The summed E-state index contributed by atoms with van der Waals surface area (Å²) in [6, 6.07) is 13.9. The molecule has 0 radical (unpaired) electrons. The number of aromatic hydroxyl groups is 1. The predicted octanol–water partition coefficient (Wildman–Crippen LogP) is 4.21. The van der Waals surface area contributed by atoms with Crippen LogP contribution in [0.4, 0.5) is 4.79 Å². The molecule has 3 heterocycles. The van der Waals surface area contributed by atoms with Crippen molar-refractivity contribution in [2.24, 2.45) is 0 Å². The number of hydrogen-bond donors (Lipinski definition) is 1. The molecule has 8 heteroatoms. The number of aryl methyl sites for hydroxylation is 1. The molecular formula is C26H23N5O3. The summed E-state index contributed by atoms with van der Waals surface area (Å²) in [4.78, 5) is 36.1. The molecule has 3 aromatic heterocycles. The highest BCUT2D eigenvalue weighted by Crippen LogP contribution is 2.31. The Bertz CT molecular complexity index is 1560. The second kappa shape index (κ2) is 8.15. The first-order valence-corrected chi connectivity index (χ1v) is 10.8. The van der Waals surface area contributed by atoms with Gasteiger partial charge in [0, 0.05) is 38.6 Å². The molecule has 0 bridgehead atoms. The second-order valence-corrected chi connectivity index (χ2v) is 8.40. The molecular weight excluding hydrogens is 430 g/mol. The van der Waals surface area contributed by atoms with Crippen LogP contribution >= 0.6 is 0 Å². The molecule has 170 valence electrons. The highest BCUT2D eigenvalue weighted by Gasteiger charge is 2.22. The minimum absolute atomic E-state index is 0.0419. The summed E-state index contributed by atoms with van der Waals surface area (Å²) in [6.07, 6.45) is 4.99. The summed E-state index contributed by atoms with van der Waals surface area (Å²) in [7, 11) is 3.28. The van der Waals surface area contributed by atoms with Crippen molar-refractivity contribution in [3.63, 3.8) is 0 Å². The largest absolute Gasteiger partial charge is 0.507 e. The summed E-state index contributed by atoms with van der Waals surface area (Å²) in [6.45, 7) is 2.56. The van der Waals surface area contributed by atoms with Gasteiger partial charge in [0.05, 0.1) is 28.2 Å². The molecule has 0 aliphatic rings. The Labute approximate surface area is 195 Å². The summed E-state index contributed by atoms with van der Waals surface area (Å²) >= 11 is 0. The standard InChI is InChI=1S/C26H23N5O3/c1-16-28-20-13-27-12-11-21(20)30(16)14-17-7-9-18(10-8-17)25(33)19-15-31(26(34)29(2)3)22-5-4-6-23(32)24(19)22/h4-13,15,32H,14H2,1-3H3. The fourth-order valence-electron chi connectivity index (χ4n) is 4.22. The van der Waals surface area contributed by atoms with E-state index in [2.05, 4.69) is 14.5 Å². The maximum Gasteiger partial charge on any atom is 0.328 e. The third-order valence-corrected chi connectivity index (χ3v) is 5.94.